The van der Waals surface area contributed by atoms with Gasteiger partial charge in [0.1, 0.15) is 11.5 Å². The highest BCUT2D eigenvalue weighted by Gasteiger charge is 2.12. The molecule has 0 unspecified atom stereocenters. The van der Waals surface area contributed by atoms with Crippen LogP contribution in [0, 0.1) is 0 Å². The molecule has 1 N–H and O–H groups in total. The van der Waals surface area contributed by atoms with Crippen LogP contribution >= 0.6 is 0 Å². The molecule has 4 nitrogen and oxygen atoms in total. The van der Waals surface area contributed by atoms with Crippen LogP contribution < -0.4 is 4.74 Å². The normalized spacial score (nSPS) is 11.2. The van der Waals surface area contributed by atoms with Crippen LogP contribution in [0.5, 0.6) is 5.75 Å². The summed E-state index contributed by atoms with van der Waals surface area (Å²) >= 11 is 0. The van der Waals surface area contributed by atoms with E-state index >= 15 is 0 Å². The van der Waals surface area contributed by atoms with Gasteiger partial charge in [-0.2, -0.15) is 0 Å². The minimum Gasteiger partial charge on any atom is -0.493 e. The molecule has 0 amide bonds. The first-order valence-corrected chi connectivity index (χ1v) is 7.77. The van der Waals surface area contributed by atoms with Gasteiger partial charge in [0.2, 0.25) is 0 Å². The Hall–Kier alpha value is -3.14. The van der Waals surface area contributed by atoms with E-state index in [1.165, 1.54) is 0 Å². The topological polar surface area (TPSA) is 54.7 Å². The summed E-state index contributed by atoms with van der Waals surface area (Å²) in [5.74, 6) is 0.846. The fourth-order valence-corrected chi connectivity index (χ4v) is 2.53. The van der Waals surface area contributed by atoms with Gasteiger partial charge < -0.3 is 9.94 Å². The van der Waals surface area contributed by atoms with Crippen LogP contribution in [0.3, 0.4) is 0 Å². The number of para-hydroxylation sites is 1. The summed E-state index contributed by atoms with van der Waals surface area (Å²) in [5.41, 5.74) is 3.23. The third-order valence-corrected chi connectivity index (χ3v) is 3.69. The summed E-state index contributed by atoms with van der Waals surface area (Å²) in [6.45, 7) is 0.548. The van der Waals surface area contributed by atoms with Gasteiger partial charge in [0.15, 0.2) is 0 Å². The highest BCUT2D eigenvalue weighted by molar-refractivity contribution is 6.13. The Bertz CT molecular complexity index is 802. The molecule has 2 aromatic carbocycles. The maximum atomic E-state index is 9.49. The van der Waals surface area contributed by atoms with Crippen LogP contribution in [0.4, 0.5) is 0 Å². The Morgan fingerprint density at radius 3 is 2.50 bits per heavy atom. The van der Waals surface area contributed by atoms with Crippen LogP contribution in [0.15, 0.2) is 84.3 Å². The summed E-state index contributed by atoms with van der Waals surface area (Å²) in [6.07, 6.45) is 4.09. The van der Waals surface area contributed by atoms with Crippen LogP contribution in [-0.2, 0) is 6.42 Å². The van der Waals surface area contributed by atoms with Crippen molar-refractivity contribution in [1.29, 1.82) is 0 Å². The van der Waals surface area contributed by atoms with Gasteiger partial charge in [-0.3, -0.25) is 4.98 Å². The van der Waals surface area contributed by atoms with E-state index in [2.05, 4.69) is 10.1 Å². The zero-order chi connectivity index (χ0) is 16.6. The fraction of sp³-hybridized carbons (Fsp3) is 0.100. The van der Waals surface area contributed by atoms with Crippen molar-refractivity contribution in [2.75, 3.05) is 6.61 Å². The summed E-state index contributed by atoms with van der Waals surface area (Å²) in [5, 5.41) is 13.0. The molecule has 0 aliphatic rings. The first-order valence-electron chi connectivity index (χ1n) is 7.77. The minimum atomic E-state index is 0.512. The van der Waals surface area contributed by atoms with Crippen LogP contribution in [0.25, 0.3) is 0 Å². The third-order valence-electron chi connectivity index (χ3n) is 3.69. The summed E-state index contributed by atoms with van der Waals surface area (Å²) in [4.78, 5) is 4.09. The van der Waals surface area contributed by atoms with Gasteiger partial charge in [-0.25, -0.2) is 0 Å². The van der Waals surface area contributed by atoms with E-state index in [0.717, 1.165) is 22.4 Å². The predicted octanol–water partition coefficient (Wildman–Crippen LogP) is 3.93. The van der Waals surface area contributed by atoms with E-state index in [0.29, 0.717) is 18.7 Å². The average molecular weight is 318 g/mol. The zero-order valence-electron chi connectivity index (χ0n) is 13.2. The van der Waals surface area contributed by atoms with Crippen LogP contribution in [-0.4, -0.2) is 22.5 Å². The maximum absolute atomic E-state index is 9.49. The lowest BCUT2D eigenvalue weighted by Crippen LogP contribution is -2.10. The molecule has 4 heteroatoms. The molecule has 0 saturated heterocycles. The number of nitrogens with zero attached hydrogens (tertiary/aromatic N) is 2. The fourth-order valence-electron chi connectivity index (χ4n) is 2.53. The lowest BCUT2D eigenvalue weighted by molar-refractivity contribution is 0.318. The van der Waals surface area contributed by atoms with Crippen molar-refractivity contribution < 1.29 is 9.94 Å². The molecule has 120 valence electrons. The molecule has 0 aliphatic carbocycles. The molecule has 0 radical (unpaired) electrons. The number of hydrogen-bond donors (Lipinski definition) is 1. The monoisotopic (exact) mass is 318 g/mol. The molecule has 0 atom stereocenters. The van der Waals surface area contributed by atoms with Crippen LogP contribution in [0.1, 0.15) is 16.7 Å². The first kappa shape index (κ1) is 15.7. The highest BCUT2D eigenvalue weighted by atomic mass is 16.5. The largest absolute Gasteiger partial charge is 0.493 e. The molecule has 3 rings (SSSR count). The Kier molecular flexibility index (Phi) is 5.20. The van der Waals surface area contributed by atoms with Crippen LogP contribution in [0.2, 0.25) is 0 Å². The Balaban J connectivity index is 1.78. The Labute approximate surface area is 141 Å². The van der Waals surface area contributed by atoms with Gasteiger partial charge in [0, 0.05) is 29.9 Å². The minimum absolute atomic E-state index is 0.512. The molecule has 0 bridgehead atoms. The lowest BCUT2D eigenvalue weighted by Gasteiger charge is -2.12. The molecule has 0 saturated carbocycles. The molecule has 0 aliphatic heterocycles. The highest BCUT2D eigenvalue weighted by Crippen LogP contribution is 2.17. The molecular formula is C20H18N2O2. The summed E-state index contributed by atoms with van der Waals surface area (Å²) in [7, 11) is 0. The van der Waals surface area contributed by atoms with Gasteiger partial charge in [-0.1, -0.05) is 47.6 Å². The van der Waals surface area contributed by atoms with E-state index < -0.39 is 0 Å². The van der Waals surface area contributed by atoms with Gasteiger partial charge in [0.25, 0.3) is 0 Å². The molecule has 3 aromatic rings. The molecular weight excluding hydrogens is 300 g/mol. The maximum Gasteiger partial charge on any atom is 0.119 e. The van der Waals surface area contributed by atoms with Crippen molar-refractivity contribution in [1.82, 2.24) is 4.98 Å². The smallest absolute Gasteiger partial charge is 0.119 e. The van der Waals surface area contributed by atoms with Gasteiger partial charge in [0.05, 0.1) is 6.61 Å². The second kappa shape index (κ2) is 7.92. The van der Waals surface area contributed by atoms with Gasteiger partial charge >= 0.3 is 0 Å². The standard InChI is InChI=1S/C20H18N2O2/c23-22-20(17-8-6-13-21-15-17)19-11-5-4-7-16(19)12-14-24-18-9-2-1-3-10-18/h1-11,13,15,23H,12,14H2. The van der Waals surface area contributed by atoms with Gasteiger partial charge in [-0.05, 0) is 29.8 Å². The summed E-state index contributed by atoms with van der Waals surface area (Å²) < 4.78 is 5.77. The van der Waals surface area contributed by atoms with Crippen molar-refractivity contribution in [3.63, 3.8) is 0 Å². The van der Waals surface area contributed by atoms with E-state index in [9.17, 15) is 5.21 Å². The zero-order valence-corrected chi connectivity index (χ0v) is 13.2. The molecule has 0 fully saturated rings. The molecule has 1 heterocycles. The number of hydrogen-bond acceptors (Lipinski definition) is 4. The van der Waals surface area contributed by atoms with Crippen molar-refractivity contribution >= 4 is 5.71 Å². The number of pyridine rings is 1. The SMILES string of the molecule is ON=C(c1cccnc1)c1ccccc1CCOc1ccccc1. The van der Waals surface area contributed by atoms with E-state index in [-0.39, 0.29) is 0 Å². The first-order chi connectivity index (χ1) is 11.9. The second-order valence-electron chi connectivity index (χ2n) is 5.26. The predicted molar refractivity (Wildman–Crippen MR) is 93.7 cm³/mol. The van der Waals surface area contributed by atoms with Crippen molar-refractivity contribution in [3.8, 4) is 5.75 Å². The number of ether oxygens (including phenoxy) is 1. The Morgan fingerprint density at radius 2 is 1.75 bits per heavy atom. The van der Waals surface area contributed by atoms with Crippen molar-refractivity contribution in [2.24, 2.45) is 5.16 Å². The van der Waals surface area contributed by atoms with E-state index in [1.807, 2.05) is 66.7 Å². The number of aromatic nitrogens is 1. The molecule has 1 aromatic heterocycles. The number of rotatable bonds is 6. The summed E-state index contributed by atoms with van der Waals surface area (Å²) in [6, 6.07) is 21.3. The second-order valence-corrected chi connectivity index (χ2v) is 5.26. The van der Waals surface area contributed by atoms with Crippen molar-refractivity contribution in [3.05, 3.63) is 95.8 Å². The van der Waals surface area contributed by atoms with E-state index in [1.54, 1.807) is 12.4 Å². The van der Waals surface area contributed by atoms with Crippen molar-refractivity contribution in [2.45, 2.75) is 6.42 Å². The van der Waals surface area contributed by atoms with Gasteiger partial charge in [-0.15, -0.1) is 0 Å². The number of benzene rings is 2. The van der Waals surface area contributed by atoms with E-state index in [4.69, 9.17) is 4.74 Å². The molecule has 0 spiro atoms. The lowest BCUT2D eigenvalue weighted by atomic mass is 9.97. The average Bonchev–Trinajstić information content (AvgIpc) is 2.65. The third kappa shape index (κ3) is 3.79. The Morgan fingerprint density at radius 1 is 0.958 bits per heavy atom. The molecule has 24 heavy (non-hydrogen) atoms. The quantitative estimate of drug-likeness (QED) is 0.425. The number of oxime groups is 1.